The van der Waals surface area contributed by atoms with Crippen LogP contribution in [0.15, 0.2) is 24.3 Å². The minimum absolute atomic E-state index is 0. The van der Waals surface area contributed by atoms with Gasteiger partial charge in [0.05, 0.1) is 6.04 Å². The first-order valence-electron chi connectivity index (χ1n) is 6.24. The van der Waals surface area contributed by atoms with Crippen LogP contribution in [0.2, 0.25) is 0 Å². The van der Waals surface area contributed by atoms with Gasteiger partial charge >= 0.3 is 0 Å². The Morgan fingerprint density at radius 3 is 2.72 bits per heavy atom. The molecule has 0 saturated carbocycles. The maximum atomic E-state index is 12.2. The van der Waals surface area contributed by atoms with Crippen molar-refractivity contribution < 1.29 is 4.79 Å². The predicted molar refractivity (Wildman–Crippen MR) is 77.2 cm³/mol. The number of carbonyl (C=O) groups excluding carboxylic acids is 1. The molecule has 0 bridgehead atoms. The van der Waals surface area contributed by atoms with Crippen molar-refractivity contribution in [1.82, 2.24) is 0 Å². The molecule has 0 aliphatic carbocycles. The second-order valence-corrected chi connectivity index (χ2v) is 5.10. The van der Waals surface area contributed by atoms with Gasteiger partial charge in [0, 0.05) is 12.2 Å². The Bertz CT molecular complexity index is 420. The first-order chi connectivity index (χ1) is 8.09. The first-order valence-corrected chi connectivity index (χ1v) is 6.24. The molecule has 0 unspecified atom stereocenters. The van der Waals surface area contributed by atoms with Crippen LogP contribution in [0.1, 0.15) is 25.8 Å². The second-order valence-electron chi connectivity index (χ2n) is 5.10. The first kappa shape index (κ1) is 15.0. The molecule has 2 N–H and O–H groups in total. The Labute approximate surface area is 115 Å². The minimum atomic E-state index is -0.374. The van der Waals surface area contributed by atoms with E-state index in [9.17, 15) is 4.79 Å². The number of nitrogens with two attached hydrogens (primary N) is 1. The average molecular weight is 269 g/mol. The summed E-state index contributed by atoms with van der Waals surface area (Å²) in [7, 11) is 0. The number of halogens is 1. The minimum Gasteiger partial charge on any atom is -0.320 e. The quantitative estimate of drug-likeness (QED) is 0.915. The summed E-state index contributed by atoms with van der Waals surface area (Å²) in [6, 6.07) is 7.69. The Hall–Kier alpha value is -1.06. The van der Waals surface area contributed by atoms with E-state index in [0.29, 0.717) is 5.92 Å². The van der Waals surface area contributed by atoms with Crippen LogP contribution in [0.4, 0.5) is 5.69 Å². The van der Waals surface area contributed by atoms with Crippen LogP contribution in [0.5, 0.6) is 0 Å². The standard InChI is InChI=1S/C14H20N2O.ClH/c1-10(2)9-12(15)14(17)16-8-7-11-5-3-4-6-13(11)16;/h3-6,10,12H,7-9,15H2,1-2H3;1H/t12-;/m0./s1. The van der Waals surface area contributed by atoms with Gasteiger partial charge in [-0.05, 0) is 30.4 Å². The molecule has 3 nitrogen and oxygen atoms in total. The van der Waals surface area contributed by atoms with Crippen LogP contribution in [0, 0.1) is 5.92 Å². The van der Waals surface area contributed by atoms with Crippen LogP contribution < -0.4 is 10.6 Å². The fourth-order valence-electron chi connectivity index (χ4n) is 2.38. The van der Waals surface area contributed by atoms with E-state index in [2.05, 4.69) is 19.9 Å². The molecule has 2 rings (SSSR count). The van der Waals surface area contributed by atoms with Gasteiger partial charge in [0.2, 0.25) is 5.91 Å². The summed E-state index contributed by atoms with van der Waals surface area (Å²) in [6.45, 7) is 4.94. The van der Waals surface area contributed by atoms with Gasteiger partial charge in [-0.15, -0.1) is 12.4 Å². The van der Waals surface area contributed by atoms with Crippen LogP contribution >= 0.6 is 12.4 Å². The summed E-state index contributed by atoms with van der Waals surface area (Å²) in [5, 5.41) is 0. The Balaban J connectivity index is 0.00000162. The largest absolute Gasteiger partial charge is 0.320 e. The molecule has 1 heterocycles. The Morgan fingerprint density at radius 1 is 1.39 bits per heavy atom. The lowest BCUT2D eigenvalue weighted by atomic mass is 10.0. The molecule has 1 aliphatic heterocycles. The number of nitrogens with zero attached hydrogens (tertiary/aromatic N) is 1. The van der Waals surface area contributed by atoms with Gasteiger partial charge in [-0.3, -0.25) is 4.79 Å². The summed E-state index contributed by atoms with van der Waals surface area (Å²) in [6.07, 6.45) is 1.69. The van der Waals surface area contributed by atoms with E-state index >= 15 is 0 Å². The molecule has 0 spiro atoms. The van der Waals surface area contributed by atoms with Gasteiger partial charge in [0.25, 0.3) is 0 Å². The maximum absolute atomic E-state index is 12.2. The molecule has 1 aromatic rings. The van der Waals surface area contributed by atoms with Crippen LogP contribution in [0.3, 0.4) is 0 Å². The van der Waals surface area contributed by atoms with Crippen LogP contribution in [-0.4, -0.2) is 18.5 Å². The maximum Gasteiger partial charge on any atom is 0.243 e. The zero-order valence-corrected chi connectivity index (χ0v) is 11.7. The third kappa shape index (κ3) is 3.03. The van der Waals surface area contributed by atoms with E-state index in [4.69, 9.17) is 5.73 Å². The topological polar surface area (TPSA) is 46.3 Å². The number of anilines is 1. The molecule has 4 heteroatoms. The number of para-hydroxylation sites is 1. The third-order valence-corrected chi connectivity index (χ3v) is 3.20. The van der Waals surface area contributed by atoms with E-state index in [1.165, 1.54) is 5.56 Å². The number of amides is 1. The summed E-state index contributed by atoms with van der Waals surface area (Å²) in [5.41, 5.74) is 8.25. The second kappa shape index (κ2) is 6.21. The van der Waals surface area contributed by atoms with E-state index in [1.54, 1.807) is 0 Å². The number of carbonyl (C=O) groups is 1. The molecule has 0 radical (unpaired) electrons. The number of hydrogen-bond donors (Lipinski definition) is 1. The predicted octanol–water partition coefficient (Wildman–Crippen LogP) is 2.37. The number of benzene rings is 1. The molecular weight excluding hydrogens is 248 g/mol. The van der Waals surface area contributed by atoms with Crippen molar-refractivity contribution in [3.63, 3.8) is 0 Å². The Morgan fingerprint density at radius 2 is 2.06 bits per heavy atom. The van der Waals surface area contributed by atoms with Crippen LogP contribution in [-0.2, 0) is 11.2 Å². The SMILES string of the molecule is CC(C)C[C@H](N)C(=O)N1CCc2ccccc21.Cl. The molecule has 0 aromatic heterocycles. The normalized spacial score (nSPS) is 15.2. The number of fused-ring (bicyclic) bond motifs is 1. The van der Waals surface area contributed by atoms with Crippen molar-refractivity contribution >= 4 is 24.0 Å². The highest BCUT2D eigenvalue weighted by Gasteiger charge is 2.28. The molecular formula is C14H21ClN2O. The molecule has 100 valence electrons. The molecule has 1 aliphatic rings. The van der Waals surface area contributed by atoms with E-state index in [1.807, 2.05) is 23.1 Å². The summed E-state index contributed by atoms with van der Waals surface area (Å²) in [4.78, 5) is 14.1. The molecule has 18 heavy (non-hydrogen) atoms. The third-order valence-electron chi connectivity index (χ3n) is 3.20. The van der Waals surface area contributed by atoms with Crippen molar-refractivity contribution in [3.8, 4) is 0 Å². The highest BCUT2D eigenvalue weighted by Crippen LogP contribution is 2.28. The number of rotatable bonds is 3. The summed E-state index contributed by atoms with van der Waals surface area (Å²) in [5.74, 6) is 0.510. The lowest BCUT2D eigenvalue weighted by Gasteiger charge is -2.22. The van der Waals surface area contributed by atoms with Crippen molar-refractivity contribution in [2.75, 3.05) is 11.4 Å². The fraction of sp³-hybridized carbons (Fsp3) is 0.500. The molecule has 1 aromatic carbocycles. The van der Waals surface area contributed by atoms with E-state index in [0.717, 1.165) is 25.1 Å². The van der Waals surface area contributed by atoms with Gasteiger partial charge < -0.3 is 10.6 Å². The lowest BCUT2D eigenvalue weighted by molar-refractivity contribution is -0.120. The summed E-state index contributed by atoms with van der Waals surface area (Å²) < 4.78 is 0. The van der Waals surface area contributed by atoms with E-state index < -0.39 is 0 Å². The highest BCUT2D eigenvalue weighted by molar-refractivity contribution is 5.98. The van der Waals surface area contributed by atoms with Crippen molar-refractivity contribution in [3.05, 3.63) is 29.8 Å². The highest BCUT2D eigenvalue weighted by atomic mass is 35.5. The monoisotopic (exact) mass is 268 g/mol. The average Bonchev–Trinajstić information content (AvgIpc) is 2.70. The zero-order chi connectivity index (χ0) is 12.4. The number of hydrogen-bond acceptors (Lipinski definition) is 2. The van der Waals surface area contributed by atoms with Gasteiger partial charge in [-0.25, -0.2) is 0 Å². The van der Waals surface area contributed by atoms with Crippen LogP contribution in [0.25, 0.3) is 0 Å². The van der Waals surface area contributed by atoms with Crippen molar-refractivity contribution in [2.45, 2.75) is 32.7 Å². The molecule has 0 fully saturated rings. The summed E-state index contributed by atoms with van der Waals surface area (Å²) >= 11 is 0. The fourth-order valence-corrected chi connectivity index (χ4v) is 2.38. The van der Waals surface area contributed by atoms with Gasteiger partial charge in [0.15, 0.2) is 0 Å². The van der Waals surface area contributed by atoms with Gasteiger partial charge in [0.1, 0.15) is 0 Å². The van der Waals surface area contributed by atoms with Crippen molar-refractivity contribution in [2.24, 2.45) is 11.7 Å². The van der Waals surface area contributed by atoms with Gasteiger partial charge in [-0.2, -0.15) is 0 Å². The molecule has 0 saturated heterocycles. The molecule has 1 amide bonds. The van der Waals surface area contributed by atoms with Gasteiger partial charge in [-0.1, -0.05) is 32.0 Å². The van der Waals surface area contributed by atoms with Crippen molar-refractivity contribution in [1.29, 1.82) is 0 Å². The lowest BCUT2D eigenvalue weighted by Crippen LogP contribution is -2.43. The smallest absolute Gasteiger partial charge is 0.243 e. The van der Waals surface area contributed by atoms with E-state index in [-0.39, 0.29) is 24.4 Å². The molecule has 1 atom stereocenters. The Kier molecular flexibility index (Phi) is 5.17. The zero-order valence-electron chi connectivity index (χ0n) is 10.9.